The van der Waals surface area contributed by atoms with Gasteiger partial charge in [-0.2, -0.15) is 0 Å². The Morgan fingerprint density at radius 3 is 2.57 bits per heavy atom. The van der Waals surface area contributed by atoms with Crippen LogP contribution in [0.4, 0.5) is 0 Å². The van der Waals surface area contributed by atoms with Gasteiger partial charge in [0.25, 0.3) is 0 Å². The maximum absolute atomic E-state index is 12.4. The topological polar surface area (TPSA) is 98.5 Å². The molecule has 0 fully saturated rings. The fourth-order valence-electron chi connectivity index (χ4n) is 1.92. The second-order valence-corrected chi connectivity index (χ2v) is 7.01. The van der Waals surface area contributed by atoms with Crippen molar-refractivity contribution in [3.63, 3.8) is 0 Å². The molecule has 0 bridgehead atoms. The maximum atomic E-state index is 12.4. The summed E-state index contributed by atoms with van der Waals surface area (Å²) in [4.78, 5) is 11.5. The number of sulfonamides is 1. The van der Waals surface area contributed by atoms with E-state index >= 15 is 0 Å². The molecule has 0 spiro atoms. The molecule has 23 heavy (non-hydrogen) atoms. The second kappa shape index (κ2) is 10.1. The molecule has 1 aromatic rings. The molecule has 132 valence electrons. The van der Waals surface area contributed by atoms with Crippen molar-refractivity contribution in [1.29, 1.82) is 0 Å². The molecule has 0 saturated heterocycles. The molecule has 0 aliphatic rings. The molecule has 6 nitrogen and oxygen atoms in total. The standard InChI is InChI=1S/C14H21ClN2O4S.ClH/c1-3-4-5-12(9-16)17-22(19,20)13-7-10(14(18)21-2)6-11(15)8-13;/h6-8,12,17H,3-5,9,16H2,1-2H3;1H. The zero-order chi connectivity index (χ0) is 16.8. The lowest BCUT2D eigenvalue weighted by atomic mass is 10.1. The fourth-order valence-corrected chi connectivity index (χ4v) is 3.57. The molecule has 1 unspecified atom stereocenters. The van der Waals surface area contributed by atoms with Gasteiger partial charge in [-0.1, -0.05) is 31.4 Å². The largest absolute Gasteiger partial charge is 0.465 e. The minimum absolute atomic E-state index is 0. The quantitative estimate of drug-likeness (QED) is 0.670. The van der Waals surface area contributed by atoms with Gasteiger partial charge in [-0.15, -0.1) is 12.4 Å². The monoisotopic (exact) mass is 384 g/mol. The van der Waals surface area contributed by atoms with Crippen LogP contribution in [0.2, 0.25) is 5.02 Å². The third kappa shape index (κ3) is 6.64. The minimum Gasteiger partial charge on any atom is -0.465 e. The van der Waals surface area contributed by atoms with Gasteiger partial charge in [0.15, 0.2) is 0 Å². The molecular formula is C14H22Cl2N2O4S. The maximum Gasteiger partial charge on any atom is 0.337 e. The normalized spacial score (nSPS) is 12.3. The molecule has 1 atom stereocenters. The average Bonchev–Trinajstić information content (AvgIpc) is 2.49. The number of unbranched alkanes of at least 4 members (excludes halogenated alkanes) is 1. The molecule has 0 aliphatic heterocycles. The van der Waals surface area contributed by atoms with E-state index in [1.54, 1.807) is 0 Å². The van der Waals surface area contributed by atoms with Gasteiger partial charge in [0.05, 0.1) is 17.6 Å². The Balaban J connectivity index is 0.00000484. The Hall–Kier alpha value is -0.860. The van der Waals surface area contributed by atoms with Crippen LogP contribution in [0.1, 0.15) is 36.5 Å². The number of nitrogens with two attached hydrogens (primary N) is 1. The lowest BCUT2D eigenvalue weighted by Crippen LogP contribution is -2.40. The molecule has 0 radical (unpaired) electrons. The van der Waals surface area contributed by atoms with E-state index in [0.717, 1.165) is 12.8 Å². The van der Waals surface area contributed by atoms with Crippen LogP contribution in [0.15, 0.2) is 23.1 Å². The number of hydrogen-bond donors (Lipinski definition) is 2. The van der Waals surface area contributed by atoms with E-state index in [-0.39, 0.29) is 40.5 Å². The number of esters is 1. The van der Waals surface area contributed by atoms with Crippen LogP contribution in [0, 0.1) is 0 Å². The molecule has 3 N–H and O–H groups in total. The van der Waals surface area contributed by atoms with Crippen LogP contribution < -0.4 is 10.5 Å². The Morgan fingerprint density at radius 1 is 1.39 bits per heavy atom. The van der Waals surface area contributed by atoms with E-state index in [4.69, 9.17) is 17.3 Å². The van der Waals surface area contributed by atoms with Crippen molar-refractivity contribution in [1.82, 2.24) is 4.72 Å². The van der Waals surface area contributed by atoms with E-state index in [2.05, 4.69) is 9.46 Å². The van der Waals surface area contributed by atoms with Crippen LogP contribution in [0.5, 0.6) is 0 Å². The Labute approximate surface area is 148 Å². The number of ether oxygens (including phenoxy) is 1. The number of benzene rings is 1. The van der Waals surface area contributed by atoms with Gasteiger partial charge in [0.2, 0.25) is 10.0 Å². The van der Waals surface area contributed by atoms with Crippen LogP contribution in [-0.4, -0.2) is 34.1 Å². The van der Waals surface area contributed by atoms with Crippen molar-refractivity contribution in [2.75, 3.05) is 13.7 Å². The third-order valence-electron chi connectivity index (χ3n) is 3.12. The molecule has 9 heteroatoms. The predicted octanol–water partition coefficient (Wildman–Crippen LogP) is 2.34. The second-order valence-electron chi connectivity index (χ2n) is 4.86. The van der Waals surface area contributed by atoms with Gasteiger partial charge in [-0.3, -0.25) is 0 Å². The fraction of sp³-hybridized carbons (Fsp3) is 0.500. The number of nitrogens with one attached hydrogen (secondary N) is 1. The third-order valence-corrected chi connectivity index (χ3v) is 4.83. The van der Waals surface area contributed by atoms with Crippen LogP contribution in [0.3, 0.4) is 0 Å². The molecule has 0 amide bonds. The number of rotatable bonds is 8. The highest BCUT2D eigenvalue weighted by atomic mass is 35.5. The molecular weight excluding hydrogens is 363 g/mol. The SMILES string of the molecule is CCCCC(CN)NS(=O)(=O)c1cc(Cl)cc(C(=O)OC)c1.Cl. The average molecular weight is 385 g/mol. The van der Waals surface area contributed by atoms with Gasteiger partial charge in [-0.25, -0.2) is 17.9 Å². The van der Waals surface area contributed by atoms with E-state index in [9.17, 15) is 13.2 Å². The van der Waals surface area contributed by atoms with E-state index in [0.29, 0.717) is 6.42 Å². The van der Waals surface area contributed by atoms with Crippen LogP contribution in [0.25, 0.3) is 0 Å². The Kier molecular flexibility index (Phi) is 9.72. The summed E-state index contributed by atoms with van der Waals surface area (Å²) in [5.41, 5.74) is 5.68. The van der Waals surface area contributed by atoms with Gasteiger partial charge in [0.1, 0.15) is 0 Å². The summed E-state index contributed by atoms with van der Waals surface area (Å²) in [7, 11) is -2.60. The first-order chi connectivity index (χ1) is 10.3. The van der Waals surface area contributed by atoms with Crippen molar-refractivity contribution in [3.8, 4) is 0 Å². The molecule has 0 heterocycles. The van der Waals surface area contributed by atoms with Crippen molar-refractivity contribution in [2.24, 2.45) is 5.73 Å². The molecule has 0 aromatic heterocycles. The number of carbonyl (C=O) groups excluding carboxylic acids is 1. The lowest BCUT2D eigenvalue weighted by Gasteiger charge is -2.17. The van der Waals surface area contributed by atoms with Crippen molar-refractivity contribution in [2.45, 2.75) is 37.1 Å². The van der Waals surface area contributed by atoms with Gasteiger partial charge in [-0.05, 0) is 24.6 Å². The first-order valence-corrected chi connectivity index (χ1v) is 8.81. The van der Waals surface area contributed by atoms with E-state index < -0.39 is 16.0 Å². The van der Waals surface area contributed by atoms with E-state index in [1.807, 2.05) is 6.92 Å². The van der Waals surface area contributed by atoms with E-state index in [1.165, 1.54) is 25.3 Å². The molecule has 1 rings (SSSR count). The molecule has 0 saturated carbocycles. The highest BCUT2D eigenvalue weighted by molar-refractivity contribution is 7.89. The predicted molar refractivity (Wildman–Crippen MR) is 92.7 cm³/mol. The highest BCUT2D eigenvalue weighted by Gasteiger charge is 2.21. The number of carbonyl (C=O) groups is 1. The summed E-state index contributed by atoms with van der Waals surface area (Å²) >= 11 is 5.89. The van der Waals surface area contributed by atoms with Gasteiger partial charge >= 0.3 is 5.97 Å². The first kappa shape index (κ1) is 22.1. The first-order valence-electron chi connectivity index (χ1n) is 6.95. The molecule has 0 aliphatic carbocycles. The smallest absolute Gasteiger partial charge is 0.337 e. The van der Waals surface area contributed by atoms with Crippen molar-refractivity contribution >= 4 is 40.0 Å². The number of hydrogen-bond acceptors (Lipinski definition) is 5. The number of halogens is 2. The van der Waals surface area contributed by atoms with Crippen LogP contribution in [-0.2, 0) is 14.8 Å². The number of methoxy groups -OCH3 is 1. The summed E-state index contributed by atoms with van der Waals surface area (Å²) in [6.07, 6.45) is 2.46. The van der Waals surface area contributed by atoms with Gasteiger partial charge in [0, 0.05) is 17.6 Å². The summed E-state index contributed by atoms with van der Waals surface area (Å²) < 4.78 is 31.9. The zero-order valence-corrected chi connectivity index (χ0v) is 15.4. The summed E-state index contributed by atoms with van der Waals surface area (Å²) in [5.74, 6) is -0.652. The highest BCUT2D eigenvalue weighted by Crippen LogP contribution is 2.20. The van der Waals surface area contributed by atoms with Gasteiger partial charge < -0.3 is 10.5 Å². The minimum atomic E-state index is -3.81. The summed E-state index contributed by atoms with van der Waals surface area (Å²) in [6.45, 7) is 2.21. The Morgan fingerprint density at radius 2 is 2.04 bits per heavy atom. The Bertz CT molecular complexity index is 623. The zero-order valence-electron chi connectivity index (χ0n) is 13.0. The van der Waals surface area contributed by atoms with Crippen LogP contribution >= 0.6 is 24.0 Å². The summed E-state index contributed by atoms with van der Waals surface area (Å²) in [6, 6.07) is 3.51. The van der Waals surface area contributed by atoms with Crippen molar-refractivity contribution < 1.29 is 17.9 Å². The summed E-state index contributed by atoms with van der Waals surface area (Å²) in [5, 5.41) is 0.140. The lowest BCUT2D eigenvalue weighted by molar-refractivity contribution is 0.0600. The van der Waals surface area contributed by atoms with Crippen molar-refractivity contribution in [3.05, 3.63) is 28.8 Å². The molecule has 1 aromatic carbocycles.